The van der Waals surface area contributed by atoms with E-state index >= 15 is 0 Å². The van der Waals surface area contributed by atoms with Crippen LogP contribution in [0.4, 0.5) is 24.7 Å². The molecule has 236 valence electrons. The number of nitrogens with zero attached hydrogens (tertiary/aromatic N) is 5. The van der Waals surface area contributed by atoms with E-state index in [2.05, 4.69) is 15.3 Å². The summed E-state index contributed by atoms with van der Waals surface area (Å²) in [6, 6.07) is 14.1. The van der Waals surface area contributed by atoms with Crippen molar-refractivity contribution in [2.75, 3.05) is 23.4 Å². The van der Waals surface area contributed by atoms with Crippen molar-refractivity contribution < 1.29 is 27.6 Å². The van der Waals surface area contributed by atoms with Crippen molar-refractivity contribution in [1.29, 1.82) is 5.26 Å². The Hall–Kier alpha value is -4.79. The molecule has 1 N–H and O–H groups in total. The van der Waals surface area contributed by atoms with Crippen molar-refractivity contribution in [1.82, 2.24) is 15.3 Å². The fourth-order valence-corrected chi connectivity index (χ4v) is 6.15. The fraction of sp³-hybridized carbons (Fsp3) is 0.394. The summed E-state index contributed by atoms with van der Waals surface area (Å²) >= 11 is 0. The summed E-state index contributed by atoms with van der Waals surface area (Å²) in [7, 11) is 1.76. The largest absolute Gasteiger partial charge is 0.355 e. The number of benzene rings is 1. The molecule has 1 aromatic carbocycles. The molecule has 1 saturated carbocycles. The maximum Gasteiger partial charge on any atom is 0.250 e. The molecule has 1 saturated heterocycles. The number of hydrogen-bond donors (Lipinski definition) is 1. The van der Waals surface area contributed by atoms with Gasteiger partial charge in [0.1, 0.15) is 24.0 Å². The maximum atomic E-state index is 13.8. The summed E-state index contributed by atoms with van der Waals surface area (Å²) in [6.07, 6.45) is 6.96. The molecule has 2 aliphatic carbocycles. The van der Waals surface area contributed by atoms with Crippen LogP contribution in [-0.2, 0) is 26.3 Å². The van der Waals surface area contributed by atoms with Crippen molar-refractivity contribution >= 4 is 30.1 Å². The molecule has 6 rings (SSSR count). The Bertz CT molecular complexity index is 1550. The highest BCUT2D eigenvalue weighted by molar-refractivity contribution is 5.94. The van der Waals surface area contributed by atoms with E-state index in [1.54, 1.807) is 35.2 Å². The molecule has 9 nitrogen and oxygen atoms in total. The Balaban J connectivity index is 0.000000241. The van der Waals surface area contributed by atoms with Crippen molar-refractivity contribution in [3.63, 3.8) is 0 Å². The predicted octanol–water partition coefficient (Wildman–Crippen LogP) is 5.09. The van der Waals surface area contributed by atoms with Gasteiger partial charge in [-0.05, 0) is 55.4 Å². The van der Waals surface area contributed by atoms with Gasteiger partial charge in [-0.2, -0.15) is 5.26 Å². The third kappa shape index (κ3) is 7.30. The second-order valence-electron chi connectivity index (χ2n) is 11.2. The van der Waals surface area contributed by atoms with Crippen LogP contribution in [0.3, 0.4) is 0 Å². The zero-order valence-corrected chi connectivity index (χ0v) is 25.0. The Morgan fingerprint density at radius 3 is 2.51 bits per heavy atom. The van der Waals surface area contributed by atoms with Gasteiger partial charge in [-0.25, -0.2) is 18.2 Å². The summed E-state index contributed by atoms with van der Waals surface area (Å²) in [5.41, 5.74) is 1.92. The van der Waals surface area contributed by atoms with Crippen molar-refractivity contribution in [3.05, 3.63) is 83.6 Å². The maximum absolute atomic E-state index is 13.8. The van der Waals surface area contributed by atoms with Gasteiger partial charge >= 0.3 is 0 Å². The second kappa shape index (κ2) is 14.3. The fourth-order valence-electron chi connectivity index (χ4n) is 6.15. The minimum absolute atomic E-state index is 0.0904. The third-order valence-electron chi connectivity index (χ3n) is 8.52. The van der Waals surface area contributed by atoms with Crippen LogP contribution in [0, 0.1) is 17.1 Å². The molecule has 45 heavy (non-hydrogen) atoms. The Labute approximate surface area is 260 Å². The molecule has 0 bridgehead atoms. The van der Waals surface area contributed by atoms with E-state index in [9.17, 15) is 22.8 Å². The predicted molar refractivity (Wildman–Crippen MR) is 162 cm³/mol. The zero-order chi connectivity index (χ0) is 32.6. The topological polar surface area (TPSA) is 119 Å². The van der Waals surface area contributed by atoms with Crippen LogP contribution >= 0.6 is 0 Å². The molecule has 0 spiro atoms. The molecule has 2 fully saturated rings. The van der Waals surface area contributed by atoms with Crippen molar-refractivity contribution in [2.24, 2.45) is 0 Å². The van der Waals surface area contributed by atoms with E-state index in [0.717, 1.165) is 23.7 Å². The SMILES string of the molecule is C=O.CN(c1cncc(F)c1)C1(C(=O)NC2CCC(F)(F)CC2)CCc2ccccc21.N#Cc1ccnc(N2CCCC2=O)c1. The van der Waals surface area contributed by atoms with E-state index in [0.29, 0.717) is 42.9 Å². The number of aromatic nitrogens is 2. The molecule has 12 heteroatoms. The number of carbonyl (C=O) groups excluding carboxylic acids is 3. The number of alkyl halides is 2. The summed E-state index contributed by atoms with van der Waals surface area (Å²) in [5.74, 6) is -2.68. The van der Waals surface area contributed by atoms with Crippen LogP contribution in [0.1, 0.15) is 61.6 Å². The lowest BCUT2D eigenvalue weighted by Gasteiger charge is -2.41. The van der Waals surface area contributed by atoms with E-state index in [-0.39, 0.29) is 43.5 Å². The summed E-state index contributed by atoms with van der Waals surface area (Å²) in [6.45, 7) is 2.71. The number of pyridine rings is 2. The van der Waals surface area contributed by atoms with Gasteiger partial charge in [-0.15, -0.1) is 0 Å². The Kier molecular flexibility index (Phi) is 10.5. The molecule has 3 aliphatic rings. The van der Waals surface area contributed by atoms with Crippen molar-refractivity contribution in [2.45, 2.75) is 68.9 Å². The lowest BCUT2D eigenvalue weighted by molar-refractivity contribution is -0.128. The number of halogens is 3. The lowest BCUT2D eigenvalue weighted by Crippen LogP contribution is -2.56. The van der Waals surface area contributed by atoms with Crippen LogP contribution in [0.2, 0.25) is 0 Å². The molecule has 2 amide bonds. The molecule has 2 aromatic heterocycles. The Morgan fingerprint density at radius 1 is 1.11 bits per heavy atom. The van der Waals surface area contributed by atoms with Crippen LogP contribution in [0.5, 0.6) is 0 Å². The van der Waals surface area contributed by atoms with Gasteiger partial charge in [0.2, 0.25) is 11.8 Å². The summed E-state index contributed by atoms with van der Waals surface area (Å²) < 4.78 is 40.8. The van der Waals surface area contributed by atoms with E-state index in [1.807, 2.05) is 37.1 Å². The number of carbonyl (C=O) groups is 3. The first-order valence-electron chi connectivity index (χ1n) is 14.7. The number of amides is 2. The molecule has 3 aromatic rings. The number of fused-ring (bicyclic) bond motifs is 1. The molecule has 1 aliphatic heterocycles. The molecule has 1 unspecified atom stereocenters. The lowest BCUT2D eigenvalue weighted by atomic mass is 9.86. The summed E-state index contributed by atoms with van der Waals surface area (Å²) in [4.78, 5) is 44.4. The normalized spacial score (nSPS) is 20.1. The van der Waals surface area contributed by atoms with E-state index < -0.39 is 17.3 Å². The van der Waals surface area contributed by atoms with Gasteiger partial charge in [0.25, 0.3) is 5.91 Å². The average Bonchev–Trinajstić information content (AvgIpc) is 3.67. The standard InChI is InChI=1S/C22H24F3N3O.C10H9N3O.CH2O/c1-28(18-12-16(23)13-26-14-18)22(11-6-15-4-2-3-5-19(15)22)20(29)27-17-7-9-21(24,25)10-8-17;11-7-8-3-4-12-9(6-8)13-5-1-2-10(13)14;1-2/h2-5,12-14,17H,6-11H2,1H3,(H,27,29);3-4,6H,1-2,5H2;1H2. The minimum atomic E-state index is -2.65. The molecular weight excluding hydrogens is 585 g/mol. The number of rotatable bonds is 5. The molecule has 0 radical (unpaired) electrons. The third-order valence-corrected chi connectivity index (χ3v) is 8.52. The highest BCUT2D eigenvalue weighted by Crippen LogP contribution is 2.44. The number of nitriles is 1. The van der Waals surface area contributed by atoms with Gasteiger partial charge in [0.15, 0.2) is 0 Å². The van der Waals surface area contributed by atoms with Gasteiger partial charge < -0.3 is 15.0 Å². The highest BCUT2D eigenvalue weighted by atomic mass is 19.3. The molecule has 1 atom stereocenters. The van der Waals surface area contributed by atoms with Crippen LogP contribution < -0.4 is 15.1 Å². The number of hydrogen-bond acceptors (Lipinski definition) is 7. The van der Waals surface area contributed by atoms with Gasteiger partial charge in [-0.1, -0.05) is 24.3 Å². The zero-order valence-electron chi connectivity index (χ0n) is 25.0. The van der Waals surface area contributed by atoms with Gasteiger partial charge in [-0.3, -0.25) is 19.5 Å². The van der Waals surface area contributed by atoms with E-state index in [1.165, 1.54) is 12.3 Å². The Morgan fingerprint density at radius 2 is 1.84 bits per heavy atom. The first-order chi connectivity index (χ1) is 21.6. The van der Waals surface area contributed by atoms with Gasteiger partial charge in [0, 0.05) is 51.2 Å². The number of nitrogens with one attached hydrogen (secondary N) is 1. The van der Waals surface area contributed by atoms with Gasteiger partial charge in [0.05, 0.1) is 29.7 Å². The smallest absolute Gasteiger partial charge is 0.250 e. The quantitative estimate of drug-likeness (QED) is 0.422. The highest BCUT2D eigenvalue weighted by Gasteiger charge is 2.50. The second-order valence-corrected chi connectivity index (χ2v) is 11.2. The molecule has 3 heterocycles. The molecular formula is C33H35F3N6O3. The number of anilines is 2. The first kappa shape index (κ1) is 33.1. The van der Waals surface area contributed by atoms with Crippen LogP contribution in [-0.4, -0.2) is 54.1 Å². The monoisotopic (exact) mass is 620 g/mol. The van der Waals surface area contributed by atoms with Crippen LogP contribution in [0.25, 0.3) is 0 Å². The minimum Gasteiger partial charge on any atom is -0.355 e. The number of likely N-dealkylation sites (N-methyl/N-ethyl adjacent to an activating group) is 1. The average molecular weight is 621 g/mol. The van der Waals surface area contributed by atoms with Crippen LogP contribution in [0.15, 0.2) is 61.1 Å². The summed E-state index contributed by atoms with van der Waals surface area (Å²) in [5, 5.41) is 11.7. The van der Waals surface area contributed by atoms with Crippen molar-refractivity contribution in [3.8, 4) is 6.07 Å². The first-order valence-corrected chi connectivity index (χ1v) is 14.7. The van der Waals surface area contributed by atoms with E-state index in [4.69, 9.17) is 10.1 Å². The number of aryl methyl sites for hydroxylation is 1.